The van der Waals surface area contributed by atoms with E-state index in [2.05, 4.69) is 31.3 Å². The summed E-state index contributed by atoms with van der Waals surface area (Å²) in [6.07, 6.45) is 1.43. The molecule has 5 heteroatoms. The van der Waals surface area contributed by atoms with Crippen molar-refractivity contribution in [2.75, 3.05) is 20.6 Å². The van der Waals surface area contributed by atoms with Crippen LogP contribution in [0.2, 0.25) is 0 Å². The summed E-state index contributed by atoms with van der Waals surface area (Å²) in [5.74, 6) is 0.174. The highest BCUT2D eigenvalue weighted by Gasteiger charge is 2.17. The molecule has 0 aliphatic carbocycles. The number of carbonyl (C=O) groups excluding carboxylic acids is 1. The number of para-hydroxylation sites is 1. The smallest absolute Gasteiger partial charge is 0.222 e. The van der Waals surface area contributed by atoms with E-state index >= 15 is 0 Å². The lowest BCUT2D eigenvalue weighted by molar-refractivity contribution is -0.130. The van der Waals surface area contributed by atoms with Crippen molar-refractivity contribution in [2.24, 2.45) is 0 Å². The number of hydrogen-bond acceptors (Lipinski definition) is 3. The van der Waals surface area contributed by atoms with Gasteiger partial charge in [-0.1, -0.05) is 18.2 Å². The van der Waals surface area contributed by atoms with E-state index in [0.29, 0.717) is 13.0 Å². The first-order valence-electron chi connectivity index (χ1n) is 8.45. The van der Waals surface area contributed by atoms with Crippen molar-refractivity contribution in [3.8, 4) is 5.69 Å². The topological polar surface area (TPSA) is 50.2 Å². The zero-order chi connectivity index (χ0) is 17.7. The largest absolute Gasteiger partial charge is 0.341 e. The Morgan fingerprint density at radius 3 is 2.62 bits per heavy atom. The van der Waals surface area contributed by atoms with Gasteiger partial charge >= 0.3 is 0 Å². The fourth-order valence-electron chi connectivity index (χ4n) is 2.87. The minimum absolute atomic E-state index is 0.174. The minimum atomic E-state index is 0.174. The van der Waals surface area contributed by atoms with Crippen LogP contribution < -0.4 is 5.32 Å². The third kappa shape index (κ3) is 4.03. The molecule has 1 aromatic carbocycles. The maximum Gasteiger partial charge on any atom is 0.222 e. The van der Waals surface area contributed by atoms with Crippen molar-refractivity contribution in [1.29, 1.82) is 0 Å². The van der Waals surface area contributed by atoms with Gasteiger partial charge in [-0.05, 0) is 52.4 Å². The number of carbonyl (C=O) groups is 1. The van der Waals surface area contributed by atoms with Crippen molar-refractivity contribution >= 4 is 5.91 Å². The average molecular weight is 328 g/mol. The summed E-state index contributed by atoms with van der Waals surface area (Å²) in [4.78, 5) is 14.0. The monoisotopic (exact) mass is 328 g/mol. The molecule has 24 heavy (non-hydrogen) atoms. The highest BCUT2D eigenvalue weighted by atomic mass is 16.2. The van der Waals surface area contributed by atoms with Gasteiger partial charge in [-0.15, -0.1) is 0 Å². The molecule has 0 radical (unpaired) electrons. The van der Waals surface area contributed by atoms with Crippen LogP contribution in [-0.4, -0.2) is 41.2 Å². The van der Waals surface area contributed by atoms with E-state index in [4.69, 9.17) is 5.10 Å². The zero-order valence-electron chi connectivity index (χ0n) is 15.4. The van der Waals surface area contributed by atoms with Gasteiger partial charge in [-0.3, -0.25) is 4.79 Å². The number of nitrogens with zero attached hydrogens (tertiary/aromatic N) is 3. The second kappa shape index (κ2) is 8.11. The molecule has 130 valence electrons. The molecule has 2 aromatic rings. The molecule has 5 nitrogen and oxygen atoms in total. The van der Waals surface area contributed by atoms with Crippen molar-refractivity contribution in [3.05, 3.63) is 46.8 Å². The van der Waals surface area contributed by atoms with Crippen molar-refractivity contribution in [3.63, 3.8) is 0 Å². The Morgan fingerprint density at radius 1 is 1.25 bits per heavy atom. The van der Waals surface area contributed by atoms with Crippen molar-refractivity contribution in [1.82, 2.24) is 20.0 Å². The van der Waals surface area contributed by atoms with E-state index in [1.165, 1.54) is 5.56 Å². The lowest BCUT2D eigenvalue weighted by Gasteiger charge is -2.17. The second-order valence-corrected chi connectivity index (χ2v) is 6.30. The van der Waals surface area contributed by atoms with Gasteiger partial charge in [0.15, 0.2) is 0 Å². The standard InChI is InChI=1S/C19H28N4O/c1-14-9-6-7-10-18(14)23-16(3)17(15(2)21-23)13-22(5)19(24)11-8-12-20-4/h6-7,9-10,20H,8,11-13H2,1-5H3. The third-order valence-electron chi connectivity index (χ3n) is 4.42. The summed E-state index contributed by atoms with van der Waals surface area (Å²) in [5, 5.41) is 7.77. The van der Waals surface area contributed by atoms with Gasteiger partial charge in [-0.25, -0.2) is 4.68 Å². The SMILES string of the molecule is CNCCCC(=O)N(C)Cc1c(C)nn(-c2ccccc2C)c1C. The molecular formula is C19H28N4O. The van der Waals surface area contributed by atoms with Gasteiger partial charge in [0, 0.05) is 31.3 Å². The molecule has 0 atom stereocenters. The maximum atomic E-state index is 12.2. The van der Waals surface area contributed by atoms with Crippen LogP contribution in [0.25, 0.3) is 5.69 Å². The molecule has 0 fully saturated rings. The number of hydrogen-bond donors (Lipinski definition) is 1. The Balaban J connectivity index is 2.17. The van der Waals surface area contributed by atoms with E-state index < -0.39 is 0 Å². The summed E-state index contributed by atoms with van der Waals surface area (Å²) in [7, 11) is 3.77. The molecule has 0 unspecified atom stereocenters. The quantitative estimate of drug-likeness (QED) is 0.795. The first-order valence-corrected chi connectivity index (χ1v) is 8.45. The number of nitrogens with one attached hydrogen (secondary N) is 1. The number of aryl methyl sites for hydroxylation is 2. The van der Waals surface area contributed by atoms with Crippen LogP contribution in [-0.2, 0) is 11.3 Å². The van der Waals surface area contributed by atoms with Gasteiger partial charge < -0.3 is 10.2 Å². The van der Waals surface area contributed by atoms with Crippen LogP contribution in [0.3, 0.4) is 0 Å². The van der Waals surface area contributed by atoms with Crippen LogP contribution in [0, 0.1) is 20.8 Å². The van der Waals surface area contributed by atoms with E-state index in [1.807, 2.05) is 37.8 Å². The molecule has 0 bridgehead atoms. The number of aromatic nitrogens is 2. The van der Waals surface area contributed by atoms with Crippen molar-refractivity contribution in [2.45, 2.75) is 40.2 Å². The van der Waals surface area contributed by atoms with Gasteiger partial charge in [0.05, 0.1) is 11.4 Å². The van der Waals surface area contributed by atoms with Crippen LogP contribution in [0.4, 0.5) is 0 Å². The lowest BCUT2D eigenvalue weighted by Crippen LogP contribution is -2.27. The Bertz CT molecular complexity index is 705. The van der Waals surface area contributed by atoms with E-state index in [-0.39, 0.29) is 5.91 Å². The molecule has 1 aromatic heterocycles. The van der Waals surface area contributed by atoms with Gasteiger partial charge in [0.2, 0.25) is 5.91 Å². The van der Waals surface area contributed by atoms with Crippen LogP contribution in [0.5, 0.6) is 0 Å². The minimum Gasteiger partial charge on any atom is -0.341 e. The van der Waals surface area contributed by atoms with E-state index in [9.17, 15) is 4.79 Å². The molecule has 0 aliphatic heterocycles. The summed E-state index contributed by atoms with van der Waals surface area (Å²) >= 11 is 0. The first-order chi connectivity index (χ1) is 11.5. The molecule has 1 heterocycles. The van der Waals surface area contributed by atoms with Crippen LogP contribution in [0.15, 0.2) is 24.3 Å². The molecule has 0 aliphatic rings. The van der Waals surface area contributed by atoms with Crippen LogP contribution >= 0.6 is 0 Å². The highest BCUT2D eigenvalue weighted by molar-refractivity contribution is 5.75. The third-order valence-corrected chi connectivity index (χ3v) is 4.42. The molecule has 0 spiro atoms. The number of amides is 1. The Hall–Kier alpha value is -2.14. The van der Waals surface area contributed by atoms with Gasteiger partial charge in [0.25, 0.3) is 0 Å². The van der Waals surface area contributed by atoms with Crippen LogP contribution in [0.1, 0.15) is 35.4 Å². The van der Waals surface area contributed by atoms with E-state index in [1.54, 1.807) is 4.90 Å². The summed E-state index contributed by atoms with van der Waals surface area (Å²) in [5.41, 5.74) is 5.48. The summed E-state index contributed by atoms with van der Waals surface area (Å²) in [6, 6.07) is 8.22. The summed E-state index contributed by atoms with van der Waals surface area (Å²) < 4.78 is 1.99. The molecule has 0 saturated heterocycles. The molecule has 2 rings (SSSR count). The molecule has 0 saturated carbocycles. The summed E-state index contributed by atoms with van der Waals surface area (Å²) in [6.45, 7) is 7.63. The number of benzene rings is 1. The molecular weight excluding hydrogens is 300 g/mol. The average Bonchev–Trinajstić information content (AvgIpc) is 2.83. The zero-order valence-corrected chi connectivity index (χ0v) is 15.4. The van der Waals surface area contributed by atoms with E-state index in [0.717, 1.165) is 35.6 Å². The van der Waals surface area contributed by atoms with Gasteiger partial charge in [-0.2, -0.15) is 5.10 Å². The highest BCUT2D eigenvalue weighted by Crippen LogP contribution is 2.21. The predicted octanol–water partition coefficient (Wildman–Crippen LogP) is 2.76. The number of rotatable bonds is 7. The molecule has 1 N–H and O–H groups in total. The maximum absolute atomic E-state index is 12.2. The Morgan fingerprint density at radius 2 is 1.96 bits per heavy atom. The fraction of sp³-hybridized carbons (Fsp3) is 0.474. The Labute approximate surface area is 144 Å². The second-order valence-electron chi connectivity index (χ2n) is 6.30. The fourth-order valence-corrected chi connectivity index (χ4v) is 2.87. The van der Waals surface area contributed by atoms with Gasteiger partial charge in [0.1, 0.15) is 0 Å². The van der Waals surface area contributed by atoms with Crippen molar-refractivity contribution < 1.29 is 4.79 Å². The lowest BCUT2D eigenvalue weighted by atomic mass is 10.1. The predicted molar refractivity (Wildman–Crippen MR) is 97.4 cm³/mol. The first kappa shape index (κ1) is 18.2. The Kier molecular flexibility index (Phi) is 6.15. The normalized spacial score (nSPS) is 10.9. The molecule has 1 amide bonds.